The molecule has 1 aromatic heterocycles. The molecule has 0 aliphatic rings. The molecule has 0 radical (unpaired) electrons. The number of carbonyl (C=O) groups excluding carboxylic acids is 2. The summed E-state index contributed by atoms with van der Waals surface area (Å²) in [6.45, 7) is 4.23. The highest BCUT2D eigenvalue weighted by atomic mass is 35.5. The predicted molar refractivity (Wildman–Crippen MR) is 80.9 cm³/mol. The van der Waals surface area contributed by atoms with Gasteiger partial charge in [-0.1, -0.05) is 0 Å². The molecular formula is C15H15ClN2O3. The van der Waals surface area contributed by atoms with Gasteiger partial charge in [0.2, 0.25) is 5.22 Å². The van der Waals surface area contributed by atoms with Crippen LogP contribution in [0.1, 0.15) is 33.2 Å². The Hall–Kier alpha value is -2.27. The summed E-state index contributed by atoms with van der Waals surface area (Å²) < 4.78 is 4.88. The second kappa shape index (κ2) is 6.45. The van der Waals surface area contributed by atoms with E-state index in [4.69, 9.17) is 16.0 Å². The van der Waals surface area contributed by atoms with E-state index >= 15 is 0 Å². The molecule has 1 aromatic carbocycles. The van der Waals surface area contributed by atoms with Crippen LogP contribution in [0.15, 0.2) is 34.9 Å². The summed E-state index contributed by atoms with van der Waals surface area (Å²) in [7, 11) is 0. The SMILES string of the molecule is CCNC(=O)c1ccc(NC(=O)c2ccoc2Cl)c(C)c1. The third kappa shape index (κ3) is 3.44. The maximum atomic E-state index is 12.0. The topological polar surface area (TPSA) is 71.3 Å². The van der Waals surface area contributed by atoms with Gasteiger partial charge in [-0.15, -0.1) is 0 Å². The molecule has 110 valence electrons. The second-order valence-corrected chi connectivity index (χ2v) is 4.79. The van der Waals surface area contributed by atoms with E-state index in [2.05, 4.69) is 10.6 Å². The summed E-state index contributed by atoms with van der Waals surface area (Å²) in [4.78, 5) is 23.8. The zero-order valence-electron chi connectivity index (χ0n) is 11.7. The van der Waals surface area contributed by atoms with Crippen molar-refractivity contribution >= 4 is 29.1 Å². The molecular weight excluding hydrogens is 292 g/mol. The van der Waals surface area contributed by atoms with E-state index in [1.165, 1.54) is 12.3 Å². The van der Waals surface area contributed by atoms with Crippen LogP contribution >= 0.6 is 11.6 Å². The lowest BCUT2D eigenvalue weighted by molar-refractivity contribution is 0.0955. The van der Waals surface area contributed by atoms with Gasteiger partial charge in [0.15, 0.2) is 0 Å². The molecule has 21 heavy (non-hydrogen) atoms. The van der Waals surface area contributed by atoms with Crippen molar-refractivity contribution in [1.82, 2.24) is 5.32 Å². The zero-order valence-corrected chi connectivity index (χ0v) is 12.5. The van der Waals surface area contributed by atoms with Crippen LogP contribution in [0.2, 0.25) is 5.22 Å². The highest BCUT2D eigenvalue weighted by Gasteiger charge is 2.14. The number of anilines is 1. The van der Waals surface area contributed by atoms with Gasteiger partial charge >= 0.3 is 0 Å². The van der Waals surface area contributed by atoms with Crippen LogP contribution in [0.25, 0.3) is 0 Å². The van der Waals surface area contributed by atoms with E-state index in [1.54, 1.807) is 18.2 Å². The normalized spacial score (nSPS) is 10.2. The number of hydrogen-bond acceptors (Lipinski definition) is 3. The maximum absolute atomic E-state index is 12.0. The van der Waals surface area contributed by atoms with Crippen molar-refractivity contribution in [2.75, 3.05) is 11.9 Å². The van der Waals surface area contributed by atoms with Gasteiger partial charge in [-0.25, -0.2) is 0 Å². The lowest BCUT2D eigenvalue weighted by Crippen LogP contribution is -2.22. The van der Waals surface area contributed by atoms with Crippen molar-refractivity contribution < 1.29 is 14.0 Å². The number of carbonyl (C=O) groups is 2. The van der Waals surface area contributed by atoms with Gasteiger partial charge < -0.3 is 15.1 Å². The number of furan rings is 1. The van der Waals surface area contributed by atoms with E-state index in [0.29, 0.717) is 17.8 Å². The smallest absolute Gasteiger partial charge is 0.260 e. The molecule has 0 aliphatic heterocycles. The van der Waals surface area contributed by atoms with Gasteiger partial charge in [0.25, 0.3) is 11.8 Å². The van der Waals surface area contributed by atoms with Crippen LogP contribution < -0.4 is 10.6 Å². The highest BCUT2D eigenvalue weighted by Crippen LogP contribution is 2.21. The van der Waals surface area contributed by atoms with Gasteiger partial charge in [0, 0.05) is 17.8 Å². The maximum Gasteiger partial charge on any atom is 0.260 e. The average Bonchev–Trinajstić information content (AvgIpc) is 2.87. The molecule has 0 bridgehead atoms. The summed E-state index contributed by atoms with van der Waals surface area (Å²) in [6.07, 6.45) is 1.35. The molecule has 2 N–H and O–H groups in total. The Kier molecular flexibility index (Phi) is 4.65. The number of hydrogen-bond donors (Lipinski definition) is 2. The number of amides is 2. The van der Waals surface area contributed by atoms with E-state index in [0.717, 1.165) is 5.56 Å². The van der Waals surface area contributed by atoms with Crippen molar-refractivity contribution in [2.24, 2.45) is 0 Å². The number of nitrogens with one attached hydrogen (secondary N) is 2. The standard InChI is InChI=1S/C15H15ClN2O3/c1-3-17-14(19)10-4-5-12(9(2)8-10)18-15(20)11-6-7-21-13(11)16/h4-8H,3H2,1-2H3,(H,17,19)(H,18,20). The van der Waals surface area contributed by atoms with Crippen molar-refractivity contribution in [3.8, 4) is 0 Å². The number of halogens is 1. The summed E-state index contributed by atoms with van der Waals surface area (Å²) in [6, 6.07) is 6.56. The molecule has 0 saturated heterocycles. The molecule has 5 nitrogen and oxygen atoms in total. The largest absolute Gasteiger partial charge is 0.452 e. The summed E-state index contributed by atoms with van der Waals surface area (Å²) in [5, 5.41) is 5.50. The first-order valence-electron chi connectivity index (χ1n) is 6.46. The van der Waals surface area contributed by atoms with Crippen molar-refractivity contribution in [2.45, 2.75) is 13.8 Å². The Balaban J connectivity index is 2.16. The van der Waals surface area contributed by atoms with Gasteiger partial charge in [-0.2, -0.15) is 0 Å². The molecule has 6 heteroatoms. The fourth-order valence-electron chi connectivity index (χ4n) is 1.85. The summed E-state index contributed by atoms with van der Waals surface area (Å²) in [5.41, 5.74) is 2.22. The van der Waals surface area contributed by atoms with Crippen molar-refractivity contribution in [3.05, 3.63) is 52.4 Å². The lowest BCUT2D eigenvalue weighted by atomic mass is 10.1. The highest BCUT2D eigenvalue weighted by molar-refractivity contribution is 6.32. The minimum absolute atomic E-state index is 0.0455. The third-order valence-electron chi connectivity index (χ3n) is 2.94. The van der Waals surface area contributed by atoms with E-state index in [1.807, 2.05) is 13.8 Å². The third-order valence-corrected chi connectivity index (χ3v) is 3.23. The quantitative estimate of drug-likeness (QED) is 0.911. The molecule has 0 unspecified atom stereocenters. The molecule has 2 rings (SSSR count). The van der Waals surface area contributed by atoms with Crippen molar-refractivity contribution in [3.63, 3.8) is 0 Å². The lowest BCUT2D eigenvalue weighted by Gasteiger charge is -2.09. The molecule has 0 saturated carbocycles. The summed E-state index contributed by atoms with van der Waals surface area (Å²) in [5.74, 6) is -0.501. The average molecular weight is 307 g/mol. The van der Waals surface area contributed by atoms with Gasteiger partial charge in [-0.05, 0) is 55.3 Å². The van der Waals surface area contributed by atoms with Crippen molar-refractivity contribution in [1.29, 1.82) is 0 Å². The van der Waals surface area contributed by atoms with E-state index in [9.17, 15) is 9.59 Å². The number of rotatable bonds is 4. The molecule has 2 aromatic rings. The summed E-state index contributed by atoms with van der Waals surface area (Å²) >= 11 is 5.76. The molecule has 0 atom stereocenters. The van der Waals surface area contributed by atoms with Crippen LogP contribution in [0.5, 0.6) is 0 Å². The Labute approximate surface area is 127 Å². The number of benzene rings is 1. The Bertz CT molecular complexity index is 679. The second-order valence-electron chi connectivity index (χ2n) is 4.45. The Morgan fingerprint density at radius 1 is 1.24 bits per heavy atom. The molecule has 0 aliphatic carbocycles. The molecule has 2 amide bonds. The molecule has 0 spiro atoms. The van der Waals surface area contributed by atoms with Gasteiger partial charge in [0.05, 0.1) is 11.8 Å². The minimum Gasteiger partial charge on any atom is -0.452 e. The minimum atomic E-state index is -0.359. The van der Waals surface area contributed by atoms with Crippen LogP contribution in [0, 0.1) is 6.92 Å². The zero-order chi connectivity index (χ0) is 15.4. The molecule has 1 heterocycles. The van der Waals surface area contributed by atoms with Gasteiger partial charge in [-0.3, -0.25) is 9.59 Å². The fourth-order valence-corrected chi connectivity index (χ4v) is 2.05. The predicted octanol–water partition coefficient (Wildman–Crippen LogP) is 3.24. The van der Waals surface area contributed by atoms with Gasteiger partial charge in [0.1, 0.15) is 0 Å². The molecule has 0 fully saturated rings. The van der Waals surface area contributed by atoms with E-state index < -0.39 is 0 Å². The van der Waals surface area contributed by atoms with Crippen LogP contribution in [-0.4, -0.2) is 18.4 Å². The van der Waals surface area contributed by atoms with Crippen LogP contribution in [0.3, 0.4) is 0 Å². The van der Waals surface area contributed by atoms with Crippen LogP contribution in [-0.2, 0) is 0 Å². The first-order valence-corrected chi connectivity index (χ1v) is 6.84. The first kappa shape index (κ1) is 15.1. The monoisotopic (exact) mass is 306 g/mol. The first-order chi connectivity index (χ1) is 10.0. The van der Waals surface area contributed by atoms with Crippen LogP contribution in [0.4, 0.5) is 5.69 Å². The fraction of sp³-hybridized carbons (Fsp3) is 0.200. The Morgan fingerprint density at radius 2 is 2.00 bits per heavy atom. The van der Waals surface area contributed by atoms with E-state index in [-0.39, 0.29) is 22.6 Å². The number of aryl methyl sites for hydroxylation is 1. The Morgan fingerprint density at radius 3 is 2.57 bits per heavy atom.